The summed E-state index contributed by atoms with van der Waals surface area (Å²) < 4.78 is 7.91. The van der Waals surface area contributed by atoms with Crippen LogP contribution in [0.15, 0.2) is 0 Å². The summed E-state index contributed by atoms with van der Waals surface area (Å²) >= 11 is 0. The fourth-order valence-electron chi connectivity index (χ4n) is 3.03. The van der Waals surface area contributed by atoms with Gasteiger partial charge in [0.2, 0.25) is 0 Å². The van der Waals surface area contributed by atoms with Crippen LogP contribution in [0, 0.1) is 5.92 Å². The van der Waals surface area contributed by atoms with E-state index in [1.165, 1.54) is 18.7 Å². The minimum Gasteiger partial charge on any atom is -0.371 e. The smallest absolute Gasteiger partial charge is 0.159 e. The predicted molar refractivity (Wildman–Crippen MR) is 68.3 cm³/mol. The van der Waals surface area contributed by atoms with Crippen LogP contribution in [0.1, 0.15) is 43.9 Å². The van der Waals surface area contributed by atoms with Crippen molar-refractivity contribution >= 4 is 0 Å². The van der Waals surface area contributed by atoms with Crippen molar-refractivity contribution in [3.63, 3.8) is 0 Å². The molecule has 0 bridgehead atoms. The van der Waals surface area contributed by atoms with Gasteiger partial charge in [0.25, 0.3) is 0 Å². The van der Waals surface area contributed by atoms with Crippen molar-refractivity contribution in [2.24, 2.45) is 5.92 Å². The normalized spacial score (nSPS) is 25.1. The Morgan fingerprint density at radius 3 is 2.94 bits per heavy atom. The highest BCUT2D eigenvalue weighted by Gasteiger charge is 2.25. The largest absolute Gasteiger partial charge is 0.371 e. The third-order valence-corrected chi connectivity index (χ3v) is 4.14. The molecule has 5 heteroatoms. The molecular formula is C13H22N4O. The van der Waals surface area contributed by atoms with Crippen molar-refractivity contribution in [2.75, 3.05) is 19.7 Å². The van der Waals surface area contributed by atoms with Crippen molar-refractivity contribution in [3.05, 3.63) is 11.6 Å². The van der Waals surface area contributed by atoms with Gasteiger partial charge in [-0.15, -0.1) is 10.2 Å². The molecule has 0 radical (unpaired) electrons. The topological polar surface area (TPSA) is 52.0 Å². The number of rotatable bonds is 3. The van der Waals surface area contributed by atoms with Crippen LogP contribution in [0.2, 0.25) is 0 Å². The molecule has 18 heavy (non-hydrogen) atoms. The van der Waals surface area contributed by atoms with Gasteiger partial charge in [-0.25, -0.2) is 0 Å². The van der Waals surface area contributed by atoms with Crippen LogP contribution in [0.3, 0.4) is 0 Å². The van der Waals surface area contributed by atoms with Crippen LogP contribution in [0.25, 0.3) is 0 Å². The summed E-state index contributed by atoms with van der Waals surface area (Å²) in [7, 11) is 0. The predicted octanol–water partition coefficient (Wildman–Crippen LogP) is 1.30. The molecule has 3 heterocycles. The van der Waals surface area contributed by atoms with Gasteiger partial charge in [-0.2, -0.15) is 0 Å². The van der Waals surface area contributed by atoms with Gasteiger partial charge in [0.05, 0.1) is 12.6 Å². The van der Waals surface area contributed by atoms with Gasteiger partial charge in [0.1, 0.15) is 12.4 Å². The second kappa shape index (κ2) is 5.36. The average Bonchev–Trinajstić information content (AvgIpc) is 2.83. The number of nitrogens with one attached hydrogen (secondary N) is 1. The Morgan fingerprint density at radius 1 is 1.33 bits per heavy atom. The van der Waals surface area contributed by atoms with Crippen LogP contribution < -0.4 is 5.32 Å². The monoisotopic (exact) mass is 250 g/mol. The van der Waals surface area contributed by atoms with Crippen molar-refractivity contribution in [1.82, 2.24) is 20.1 Å². The van der Waals surface area contributed by atoms with E-state index in [-0.39, 0.29) is 0 Å². The molecule has 1 aromatic rings. The average molecular weight is 250 g/mol. The maximum Gasteiger partial charge on any atom is 0.159 e. The summed E-state index contributed by atoms with van der Waals surface area (Å²) in [5.74, 6) is 2.95. The quantitative estimate of drug-likeness (QED) is 0.878. The molecule has 0 spiro atoms. The summed E-state index contributed by atoms with van der Waals surface area (Å²) in [6.45, 7) is 5.92. The van der Waals surface area contributed by atoms with E-state index in [4.69, 9.17) is 4.74 Å². The van der Waals surface area contributed by atoms with Crippen molar-refractivity contribution in [3.8, 4) is 0 Å². The Bertz CT molecular complexity index is 398. The maximum absolute atomic E-state index is 5.57. The minimum atomic E-state index is 0.431. The Hall–Kier alpha value is -0.940. The van der Waals surface area contributed by atoms with Gasteiger partial charge in [0, 0.05) is 6.42 Å². The molecule has 0 aromatic carbocycles. The molecule has 1 atom stereocenters. The lowest BCUT2D eigenvalue weighted by atomic mass is 9.94. The molecule has 0 aliphatic carbocycles. The zero-order valence-corrected chi connectivity index (χ0v) is 11.1. The molecular weight excluding hydrogens is 228 g/mol. The van der Waals surface area contributed by atoms with Crippen molar-refractivity contribution < 1.29 is 4.74 Å². The van der Waals surface area contributed by atoms with E-state index in [0.717, 1.165) is 44.3 Å². The highest BCUT2D eigenvalue weighted by Crippen LogP contribution is 2.25. The minimum absolute atomic E-state index is 0.431. The summed E-state index contributed by atoms with van der Waals surface area (Å²) in [5, 5.41) is 12.1. The molecule has 1 unspecified atom stereocenters. The Balaban J connectivity index is 1.77. The first kappa shape index (κ1) is 12.1. The summed E-state index contributed by atoms with van der Waals surface area (Å²) in [6.07, 6.45) is 4.68. The Kier molecular flexibility index (Phi) is 3.61. The fourth-order valence-corrected chi connectivity index (χ4v) is 3.03. The van der Waals surface area contributed by atoms with Crippen LogP contribution in [0.4, 0.5) is 0 Å². The first-order chi connectivity index (χ1) is 8.88. The summed E-state index contributed by atoms with van der Waals surface area (Å²) in [4.78, 5) is 0. The molecule has 1 saturated heterocycles. The number of nitrogens with zero attached hydrogens (tertiary/aromatic N) is 3. The van der Waals surface area contributed by atoms with Gasteiger partial charge in [-0.1, -0.05) is 6.92 Å². The number of fused-ring (bicyclic) bond motifs is 1. The lowest BCUT2D eigenvalue weighted by molar-refractivity contribution is 0.0520. The first-order valence-electron chi connectivity index (χ1n) is 7.09. The van der Waals surface area contributed by atoms with Crippen molar-refractivity contribution in [1.29, 1.82) is 0 Å². The van der Waals surface area contributed by atoms with Crippen LogP contribution in [-0.2, 0) is 17.8 Å². The fraction of sp³-hybridized carbons (Fsp3) is 0.846. The maximum atomic E-state index is 5.57. The van der Waals surface area contributed by atoms with Gasteiger partial charge in [-0.05, 0) is 38.3 Å². The van der Waals surface area contributed by atoms with Crippen molar-refractivity contribution in [2.45, 2.75) is 45.3 Å². The zero-order valence-electron chi connectivity index (χ0n) is 11.1. The summed E-state index contributed by atoms with van der Waals surface area (Å²) in [6, 6.07) is 0.431. The van der Waals surface area contributed by atoms with Crippen LogP contribution in [0.5, 0.6) is 0 Å². The second-order valence-corrected chi connectivity index (χ2v) is 5.38. The molecule has 3 rings (SSSR count). The molecule has 0 amide bonds. The van der Waals surface area contributed by atoms with Gasteiger partial charge < -0.3 is 14.6 Å². The van der Waals surface area contributed by atoms with E-state index in [0.29, 0.717) is 12.6 Å². The first-order valence-corrected chi connectivity index (χ1v) is 7.09. The van der Waals surface area contributed by atoms with Gasteiger partial charge in [-0.3, -0.25) is 0 Å². The number of ether oxygens (including phenoxy) is 1. The van der Waals surface area contributed by atoms with E-state index < -0.39 is 0 Å². The van der Waals surface area contributed by atoms with E-state index in [1.54, 1.807) is 0 Å². The van der Waals surface area contributed by atoms with E-state index in [9.17, 15) is 0 Å². The Labute approximate surface area is 108 Å². The van der Waals surface area contributed by atoms with Crippen LogP contribution >= 0.6 is 0 Å². The number of hydrogen-bond donors (Lipinski definition) is 1. The number of hydrogen-bond acceptors (Lipinski definition) is 4. The number of piperidine rings is 1. The third kappa shape index (κ3) is 2.29. The lowest BCUT2D eigenvalue weighted by Crippen LogP contribution is -2.30. The Morgan fingerprint density at radius 2 is 2.17 bits per heavy atom. The molecule has 5 nitrogen and oxygen atoms in total. The molecule has 1 aromatic heterocycles. The molecule has 2 aliphatic rings. The number of aromatic nitrogens is 3. The highest BCUT2D eigenvalue weighted by molar-refractivity contribution is 5.01. The lowest BCUT2D eigenvalue weighted by Gasteiger charge is -2.27. The van der Waals surface area contributed by atoms with Gasteiger partial charge >= 0.3 is 0 Å². The zero-order chi connectivity index (χ0) is 12.4. The molecule has 100 valence electrons. The molecule has 1 fully saturated rings. The van der Waals surface area contributed by atoms with Crippen LogP contribution in [-0.4, -0.2) is 34.5 Å². The van der Waals surface area contributed by atoms with E-state index in [1.807, 2.05) is 0 Å². The second-order valence-electron chi connectivity index (χ2n) is 5.38. The summed E-state index contributed by atoms with van der Waals surface area (Å²) in [5.41, 5.74) is 0. The van der Waals surface area contributed by atoms with E-state index in [2.05, 4.69) is 27.0 Å². The molecule has 2 aliphatic heterocycles. The SMILES string of the molecule is CCC1COCc2nnc(CC3CCNCC3)n21. The molecule has 0 saturated carbocycles. The highest BCUT2D eigenvalue weighted by atomic mass is 16.5. The van der Waals surface area contributed by atoms with Gasteiger partial charge in [0.15, 0.2) is 5.82 Å². The third-order valence-electron chi connectivity index (χ3n) is 4.14. The standard InChI is InChI=1S/C13H22N4O/c1-2-11-8-18-9-13-16-15-12(17(11)13)7-10-3-5-14-6-4-10/h10-11,14H,2-9H2,1H3. The molecule has 1 N–H and O–H groups in total. The van der Waals surface area contributed by atoms with E-state index >= 15 is 0 Å².